The summed E-state index contributed by atoms with van der Waals surface area (Å²) in [4.78, 5) is 1.39. The normalized spacial score (nSPS) is 10.0. The summed E-state index contributed by atoms with van der Waals surface area (Å²) in [6.45, 7) is 2.25. The Kier molecular flexibility index (Phi) is 5.40. The van der Waals surface area contributed by atoms with E-state index in [0.29, 0.717) is 0 Å². The molecule has 14 heavy (non-hydrogen) atoms. The predicted molar refractivity (Wildman–Crippen MR) is 64.7 cm³/mol. The summed E-state index contributed by atoms with van der Waals surface area (Å²) >= 11 is 1.80. The van der Waals surface area contributed by atoms with Crippen LogP contribution in [0.5, 0.6) is 0 Å². The fraction of sp³-hybridized carbons (Fsp3) is 0.538. The second-order valence-electron chi connectivity index (χ2n) is 3.57. The second kappa shape index (κ2) is 6.68. The van der Waals surface area contributed by atoms with Gasteiger partial charge in [-0.15, -0.1) is 17.8 Å². The highest BCUT2D eigenvalue weighted by atomic mass is 32.1. The molecule has 0 aliphatic carbocycles. The number of hydrogen-bond acceptors (Lipinski definition) is 1. The predicted octanol–water partition coefficient (Wildman–Crippen LogP) is 4.24. The fourth-order valence-electron chi connectivity index (χ4n) is 1.55. The number of hydrogen-bond donors (Lipinski definition) is 0. The van der Waals surface area contributed by atoms with Gasteiger partial charge < -0.3 is 0 Å². The second-order valence-corrected chi connectivity index (χ2v) is 4.57. The first-order chi connectivity index (χ1) is 6.88. The van der Waals surface area contributed by atoms with Gasteiger partial charge in [0.25, 0.3) is 0 Å². The number of unbranched alkanes of at least 4 members (excludes halogenated alkanes) is 4. The lowest BCUT2D eigenvalue weighted by Gasteiger charge is -1.99. The summed E-state index contributed by atoms with van der Waals surface area (Å²) < 4.78 is 0. The van der Waals surface area contributed by atoms with Crippen molar-refractivity contribution in [1.29, 1.82) is 0 Å². The molecule has 76 valence electrons. The van der Waals surface area contributed by atoms with Gasteiger partial charge in [-0.05, 0) is 24.3 Å². The number of aryl methyl sites for hydroxylation is 1. The van der Waals surface area contributed by atoms with E-state index in [1.54, 1.807) is 11.3 Å². The lowest BCUT2D eigenvalue weighted by atomic mass is 10.1. The van der Waals surface area contributed by atoms with Gasteiger partial charge in [0.2, 0.25) is 0 Å². The third-order valence-corrected chi connectivity index (χ3v) is 3.39. The van der Waals surface area contributed by atoms with Gasteiger partial charge in [-0.3, -0.25) is 0 Å². The average Bonchev–Trinajstić information content (AvgIpc) is 2.65. The molecule has 0 fully saturated rings. The van der Waals surface area contributed by atoms with Crippen molar-refractivity contribution in [1.82, 2.24) is 0 Å². The van der Waals surface area contributed by atoms with Gasteiger partial charge in [-0.25, -0.2) is 0 Å². The molecular formula is C13H18S. The van der Waals surface area contributed by atoms with Crippen LogP contribution in [0.4, 0.5) is 0 Å². The molecule has 0 atom stereocenters. The zero-order valence-electron chi connectivity index (χ0n) is 8.88. The van der Waals surface area contributed by atoms with Crippen molar-refractivity contribution in [3.63, 3.8) is 0 Å². The van der Waals surface area contributed by atoms with Gasteiger partial charge in [0.05, 0.1) is 0 Å². The van der Waals surface area contributed by atoms with Crippen LogP contribution in [-0.4, -0.2) is 0 Å². The van der Waals surface area contributed by atoms with E-state index in [2.05, 4.69) is 18.2 Å². The maximum absolute atomic E-state index is 5.40. The number of terminal acetylenes is 1. The topological polar surface area (TPSA) is 0 Å². The zero-order valence-corrected chi connectivity index (χ0v) is 9.70. The van der Waals surface area contributed by atoms with E-state index in [1.165, 1.54) is 43.4 Å². The maximum atomic E-state index is 5.40. The van der Waals surface area contributed by atoms with E-state index in [4.69, 9.17) is 6.42 Å². The molecule has 0 amide bonds. The first-order valence-corrected chi connectivity index (χ1v) is 6.29. The molecule has 1 aromatic rings. The standard InChI is InChI=1S/C13H18S/c1-3-5-6-7-8-9-13-12(4-2)10-11-14-13/h2,10-11H,3,5-9H2,1H3. The Hall–Kier alpha value is -0.740. The molecule has 1 aromatic heterocycles. The van der Waals surface area contributed by atoms with Crippen LogP contribution in [0.3, 0.4) is 0 Å². The Morgan fingerprint density at radius 2 is 2.07 bits per heavy atom. The Bertz CT molecular complexity index is 290. The number of rotatable bonds is 6. The summed E-state index contributed by atoms with van der Waals surface area (Å²) in [7, 11) is 0. The highest BCUT2D eigenvalue weighted by molar-refractivity contribution is 7.10. The molecule has 0 N–H and O–H groups in total. The molecule has 0 unspecified atom stereocenters. The Morgan fingerprint density at radius 3 is 2.79 bits per heavy atom. The van der Waals surface area contributed by atoms with Gasteiger partial charge in [0.15, 0.2) is 0 Å². The maximum Gasteiger partial charge on any atom is 0.0381 e. The molecule has 0 aliphatic heterocycles. The monoisotopic (exact) mass is 206 g/mol. The molecule has 1 rings (SSSR count). The minimum atomic E-state index is 1.10. The average molecular weight is 206 g/mol. The van der Waals surface area contributed by atoms with E-state index in [-0.39, 0.29) is 0 Å². The van der Waals surface area contributed by atoms with Crippen molar-refractivity contribution in [3.8, 4) is 12.3 Å². The molecular weight excluding hydrogens is 188 g/mol. The van der Waals surface area contributed by atoms with Gasteiger partial charge >= 0.3 is 0 Å². The Balaban J connectivity index is 2.22. The van der Waals surface area contributed by atoms with Crippen LogP contribution in [0.15, 0.2) is 11.4 Å². The van der Waals surface area contributed by atoms with Gasteiger partial charge in [-0.2, -0.15) is 0 Å². The quantitative estimate of drug-likeness (QED) is 0.482. The smallest absolute Gasteiger partial charge is 0.0381 e. The van der Waals surface area contributed by atoms with Crippen LogP contribution in [0.2, 0.25) is 0 Å². The fourth-order valence-corrected chi connectivity index (χ4v) is 2.44. The SMILES string of the molecule is C#Cc1ccsc1CCCCCCC. The molecule has 0 aromatic carbocycles. The van der Waals surface area contributed by atoms with Crippen LogP contribution in [-0.2, 0) is 6.42 Å². The van der Waals surface area contributed by atoms with Crippen molar-refractivity contribution < 1.29 is 0 Å². The lowest BCUT2D eigenvalue weighted by Crippen LogP contribution is -1.85. The molecule has 0 nitrogen and oxygen atoms in total. The van der Waals surface area contributed by atoms with E-state index >= 15 is 0 Å². The zero-order chi connectivity index (χ0) is 10.2. The van der Waals surface area contributed by atoms with Crippen LogP contribution in [0.25, 0.3) is 0 Å². The van der Waals surface area contributed by atoms with Gasteiger partial charge in [-0.1, -0.05) is 38.5 Å². The first-order valence-electron chi connectivity index (χ1n) is 5.41. The van der Waals surface area contributed by atoms with Crippen LogP contribution < -0.4 is 0 Å². The van der Waals surface area contributed by atoms with Crippen molar-refractivity contribution in [3.05, 3.63) is 21.9 Å². The van der Waals surface area contributed by atoms with E-state index < -0.39 is 0 Å². The van der Waals surface area contributed by atoms with Crippen molar-refractivity contribution in [2.24, 2.45) is 0 Å². The number of thiophene rings is 1. The third-order valence-electron chi connectivity index (χ3n) is 2.41. The van der Waals surface area contributed by atoms with Crippen LogP contribution in [0.1, 0.15) is 49.5 Å². The lowest BCUT2D eigenvalue weighted by molar-refractivity contribution is 0.634. The van der Waals surface area contributed by atoms with E-state index in [0.717, 1.165) is 5.56 Å². The van der Waals surface area contributed by atoms with E-state index in [9.17, 15) is 0 Å². The van der Waals surface area contributed by atoms with Crippen molar-refractivity contribution >= 4 is 11.3 Å². The summed E-state index contributed by atoms with van der Waals surface area (Å²) in [5, 5.41) is 2.09. The van der Waals surface area contributed by atoms with Crippen molar-refractivity contribution in [2.45, 2.75) is 45.4 Å². The minimum Gasteiger partial charge on any atom is -0.148 e. The Labute approximate surface area is 91.4 Å². The molecule has 0 saturated heterocycles. The third kappa shape index (κ3) is 3.55. The Morgan fingerprint density at radius 1 is 1.29 bits per heavy atom. The summed E-state index contributed by atoms with van der Waals surface area (Å²) in [5.41, 5.74) is 1.10. The highest BCUT2D eigenvalue weighted by Crippen LogP contribution is 2.18. The largest absolute Gasteiger partial charge is 0.148 e. The van der Waals surface area contributed by atoms with E-state index in [1.807, 2.05) is 6.07 Å². The van der Waals surface area contributed by atoms with Gasteiger partial charge in [0.1, 0.15) is 0 Å². The highest BCUT2D eigenvalue weighted by Gasteiger charge is 2.00. The van der Waals surface area contributed by atoms with Gasteiger partial charge in [0, 0.05) is 10.4 Å². The molecule has 0 aliphatic rings. The molecule has 0 radical (unpaired) electrons. The first kappa shape index (κ1) is 11.3. The summed E-state index contributed by atoms with van der Waals surface area (Å²) in [6, 6.07) is 2.05. The molecule has 0 bridgehead atoms. The minimum absolute atomic E-state index is 1.10. The molecule has 0 spiro atoms. The van der Waals surface area contributed by atoms with Crippen molar-refractivity contribution in [2.75, 3.05) is 0 Å². The summed E-state index contributed by atoms with van der Waals surface area (Å²) in [5.74, 6) is 2.74. The van der Waals surface area contributed by atoms with Crippen LogP contribution in [0, 0.1) is 12.3 Å². The van der Waals surface area contributed by atoms with Crippen LogP contribution >= 0.6 is 11.3 Å². The molecule has 1 heteroatoms. The summed E-state index contributed by atoms with van der Waals surface area (Å²) in [6.07, 6.45) is 13.3. The molecule has 0 saturated carbocycles. The molecule has 1 heterocycles.